The van der Waals surface area contributed by atoms with Gasteiger partial charge in [0.2, 0.25) is 6.29 Å². The van der Waals surface area contributed by atoms with Gasteiger partial charge in [0.05, 0.1) is 12.0 Å². The molecule has 1 aromatic carbocycles. The Morgan fingerprint density at radius 2 is 1.78 bits per heavy atom. The molecule has 0 spiro atoms. The Bertz CT molecular complexity index is 359. The normalized spacial score (nSPS) is 14.5. The largest absolute Gasteiger partial charge is 0.388 e. The van der Waals surface area contributed by atoms with Crippen molar-refractivity contribution in [3.8, 4) is 0 Å². The van der Waals surface area contributed by atoms with Crippen molar-refractivity contribution < 1.29 is 19.4 Å². The first-order valence-corrected chi connectivity index (χ1v) is 5.98. The fourth-order valence-corrected chi connectivity index (χ4v) is 1.97. The summed E-state index contributed by atoms with van der Waals surface area (Å²) in [5.74, 6) is -0.767. The lowest BCUT2D eigenvalue weighted by atomic mass is 9.89. The van der Waals surface area contributed by atoms with Crippen LogP contribution in [-0.4, -0.2) is 31.4 Å². The maximum atomic E-state index is 12.1. The highest BCUT2D eigenvalue weighted by atomic mass is 16.7. The summed E-state index contributed by atoms with van der Waals surface area (Å²) >= 11 is 0. The number of ketones is 1. The molecule has 0 saturated carbocycles. The lowest BCUT2D eigenvalue weighted by Crippen LogP contribution is -2.34. The molecule has 1 aromatic rings. The third-order valence-corrected chi connectivity index (χ3v) is 2.99. The number of aliphatic hydroxyl groups is 1. The standard InChI is InChI=1S/C14H20O4/c1-4-11(13(16)14(17-2)18-3)12(15)10-8-6-5-7-9-10/h5-9,11-12,14-15H,4H2,1-3H3/t11-,12+/m0/s1. The van der Waals surface area contributed by atoms with Gasteiger partial charge in [-0.05, 0) is 12.0 Å². The van der Waals surface area contributed by atoms with Gasteiger partial charge in [-0.25, -0.2) is 0 Å². The third kappa shape index (κ3) is 3.38. The molecular weight excluding hydrogens is 232 g/mol. The maximum absolute atomic E-state index is 12.1. The van der Waals surface area contributed by atoms with E-state index < -0.39 is 18.3 Å². The highest BCUT2D eigenvalue weighted by molar-refractivity contribution is 5.84. The monoisotopic (exact) mass is 252 g/mol. The molecule has 0 aliphatic rings. The molecule has 0 amide bonds. The number of carbonyl (C=O) groups excluding carboxylic acids is 1. The van der Waals surface area contributed by atoms with Gasteiger partial charge >= 0.3 is 0 Å². The van der Waals surface area contributed by atoms with Gasteiger partial charge in [-0.2, -0.15) is 0 Å². The smallest absolute Gasteiger partial charge is 0.217 e. The molecule has 2 atom stereocenters. The molecule has 0 radical (unpaired) electrons. The minimum Gasteiger partial charge on any atom is -0.388 e. The molecule has 0 aliphatic heterocycles. The first kappa shape index (κ1) is 14.8. The van der Waals surface area contributed by atoms with Crippen LogP contribution in [0.25, 0.3) is 0 Å². The minimum absolute atomic E-state index is 0.237. The Morgan fingerprint density at radius 1 is 1.22 bits per heavy atom. The van der Waals surface area contributed by atoms with Crippen molar-refractivity contribution >= 4 is 5.78 Å². The van der Waals surface area contributed by atoms with Gasteiger partial charge in [0.1, 0.15) is 0 Å². The van der Waals surface area contributed by atoms with E-state index in [0.717, 1.165) is 5.56 Å². The van der Waals surface area contributed by atoms with Crippen LogP contribution < -0.4 is 0 Å². The van der Waals surface area contributed by atoms with Gasteiger partial charge in [-0.1, -0.05) is 37.3 Å². The Hall–Kier alpha value is -1.23. The van der Waals surface area contributed by atoms with Crippen molar-refractivity contribution in [2.45, 2.75) is 25.7 Å². The number of hydrogen-bond acceptors (Lipinski definition) is 4. The number of Topliss-reactive ketones (excluding diaryl/α,β-unsaturated/α-hetero) is 1. The number of ether oxygens (including phenoxy) is 2. The van der Waals surface area contributed by atoms with Crippen LogP contribution in [0.1, 0.15) is 25.0 Å². The summed E-state index contributed by atoms with van der Waals surface area (Å²) in [6, 6.07) is 9.14. The summed E-state index contributed by atoms with van der Waals surface area (Å²) in [5.41, 5.74) is 0.726. The number of hydrogen-bond donors (Lipinski definition) is 1. The van der Waals surface area contributed by atoms with E-state index >= 15 is 0 Å². The fourth-order valence-electron chi connectivity index (χ4n) is 1.97. The predicted molar refractivity (Wildman–Crippen MR) is 68.0 cm³/mol. The topological polar surface area (TPSA) is 55.8 Å². The van der Waals surface area contributed by atoms with Gasteiger partial charge in [0.15, 0.2) is 5.78 Å². The van der Waals surface area contributed by atoms with E-state index in [1.54, 1.807) is 12.1 Å². The number of benzene rings is 1. The quantitative estimate of drug-likeness (QED) is 0.753. The van der Waals surface area contributed by atoms with Gasteiger partial charge in [0, 0.05) is 14.2 Å². The number of carbonyl (C=O) groups is 1. The van der Waals surface area contributed by atoms with Crippen molar-refractivity contribution in [1.29, 1.82) is 0 Å². The van der Waals surface area contributed by atoms with E-state index in [-0.39, 0.29) is 5.78 Å². The zero-order valence-corrected chi connectivity index (χ0v) is 11.0. The molecule has 0 aromatic heterocycles. The number of aliphatic hydroxyl groups excluding tert-OH is 1. The highest BCUT2D eigenvalue weighted by Gasteiger charge is 2.31. The number of methoxy groups -OCH3 is 2. The maximum Gasteiger partial charge on any atom is 0.217 e. The third-order valence-electron chi connectivity index (χ3n) is 2.99. The van der Waals surface area contributed by atoms with E-state index in [4.69, 9.17) is 9.47 Å². The van der Waals surface area contributed by atoms with Crippen molar-refractivity contribution in [3.63, 3.8) is 0 Å². The lowest BCUT2D eigenvalue weighted by Gasteiger charge is -2.24. The fraction of sp³-hybridized carbons (Fsp3) is 0.500. The molecule has 0 heterocycles. The molecule has 18 heavy (non-hydrogen) atoms. The average molecular weight is 252 g/mol. The molecule has 0 aliphatic carbocycles. The molecule has 0 unspecified atom stereocenters. The van der Waals surface area contributed by atoms with Crippen LogP contribution in [0, 0.1) is 5.92 Å². The molecule has 1 rings (SSSR count). The summed E-state index contributed by atoms with van der Waals surface area (Å²) in [6.45, 7) is 1.86. The number of rotatable bonds is 7. The summed E-state index contributed by atoms with van der Waals surface area (Å²) in [6.07, 6.45) is -1.23. The Morgan fingerprint density at radius 3 is 2.22 bits per heavy atom. The molecule has 0 bridgehead atoms. The highest BCUT2D eigenvalue weighted by Crippen LogP contribution is 2.26. The van der Waals surface area contributed by atoms with E-state index in [0.29, 0.717) is 6.42 Å². The second-order valence-corrected chi connectivity index (χ2v) is 4.08. The summed E-state index contributed by atoms with van der Waals surface area (Å²) in [5, 5.41) is 10.3. The van der Waals surface area contributed by atoms with Crippen LogP contribution >= 0.6 is 0 Å². The summed E-state index contributed by atoms with van der Waals surface area (Å²) < 4.78 is 9.89. The summed E-state index contributed by atoms with van der Waals surface area (Å²) in [7, 11) is 2.82. The predicted octanol–water partition coefficient (Wildman–Crippen LogP) is 1.93. The van der Waals surface area contributed by atoms with Crippen molar-refractivity contribution in [1.82, 2.24) is 0 Å². The van der Waals surface area contributed by atoms with Crippen LogP contribution in [0.2, 0.25) is 0 Å². The summed E-state index contributed by atoms with van der Waals surface area (Å²) in [4.78, 5) is 12.1. The van der Waals surface area contributed by atoms with E-state index in [2.05, 4.69) is 0 Å². The van der Waals surface area contributed by atoms with Crippen molar-refractivity contribution in [2.24, 2.45) is 5.92 Å². The van der Waals surface area contributed by atoms with E-state index in [9.17, 15) is 9.90 Å². The average Bonchev–Trinajstić information content (AvgIpc) is 2.42. The molecule has 0 saturated heterocycles. The molecule has 4 heteroatoms. The second-order valence-electron chi connectivity index (χ2n) is 4.08. The lowest BCUT2D eigenvalue weighted by molar-refractivity contribution is -0.164. The van der Waals surface area contributed by atoms with Gasteiger partial charge < -0.3 is 14.6 Å². The zero-order valence-electron chi connectivity index (χ0n) is 11.0. The van der Waals surface area contributed by atoms with Crippen molar-refractivity contribution in [3.05, 3.63) is 35.9 Å². The van der Waals surface area contributed by atoms with Gasteiger partial charge in [-0.3, -0.25) is 4.79 Å². The minimum atomic E-state index is -0.923. The van der Waals surface area contributed by atoms with Crippen LogP contribution in [0.3, 0.4) is 0 Å². The molecular formula is C14H20O4. The van der Waals surface area contributed by atoms with Gasteiger partial charge in [0.25, 0.3) is 0 Å². The Balaban J connectivity index is 2.86. The molecule has 100 valence electrons. The van der Waals surface area contributed by atoms with Crippen LogP contribution in [0.15, 0.2) is 30.3 Å². The van der Waals surface area contributed by atoms with E-state index in [1.165, 1.54) is 14.2 Å². The first-order valence-electron chi connectivity index (χ1n) is 5.98. The Kier molecular flexibility index (Phi) is 5.98. The Labute approximate surface area is 108 Å². The molecule has 1 N–H and O–H groups in total. The molecule has 4 nitrogen and oxygen atoms in total. The SMILES string of the molecule is CC[C@H](C(=O)C(OC)OC)[C@H](O)c1ccccc1. The van der Waals surface area contributed by atoms with Crippen LogP contribution in [0.5, 0.6) is 0 Å². The van der Waals surface area contributed by atoms with Crippen LogP contribution in [-0.2, 0) is 14.3 Å². The van der Waals surface area contributed by atoms with Gasteiger partial charge in [-0.15, -0.1) is 0 Å². The first-order chi connectivity index (χ1) is 8.65. The zero-order chi connectivity index (χ0) is 13.5. The second kappa shape index (κ2) is 7.26. The van der Waals surface area contributed by atoms with Crippen molar-refractivity contribution in [2.75, 3.05) is 14.2 Å². The van der Waals surface area contributed by atoms with E-state index in [1.807, 2.05) is 25.1 Å². The van der Waals surface area contributed by atoms with Crippen LogP contribution in [0.4, 0.5) is 0 Å². The molecule has 0 fully saturated rings.